The van der Waals surface area contributed by atoms with Crippen molar-refractivity contribution in [3.63, 3.8) is 0 Å². The van der Waals surface area contributed by atoms with Gasteiger partial charge in [-0.1, -0.05) is 35.3 Å². The molecule has 0 atom stereocenters. The van der Waals surface area contributed by atoms with Crippen LogP contribution in [0.5, 0.6) is 0 Å². The van der Waals surface area contributed by atoms with Crippen molar-refractivity contribution in [1.82, 2.24) is 4.31 Å². The average molecular weight is 431 g/mol. The van der Waals surface area contributed by atoms with E-state index in [4.69, 9.17) is 23.2 Å². The number of nitrogens with zero attached hydrogens (tertiary/aromatic N) is 1. The van der Waals surface area contributed by atoms with E-state index in [0.29, 0.717) is 28.6 Å². The van der Waals surface area contributed by atoms with Crippen LogP contribution in [-0.2, 0) is 14.8 Å². The fourth-order valence-electron chi connectivity index (χ4n) is 2.98. The van der Waals surface area contributed by atoms with Crippen LogP contribution in [0.2, 0.25) is 10.0 Å². The maximum absolute atomic E-state index is 13.9. The van der Waals surface area contributed by atoms with Gasteiger partial charge in [-0.15, -0.1) is 0 Å². The van der Waals surface area contributed by atoms with Crippen LogP contribution in [0.4, 0.5) is 10.1 Å². The number of anilines is 1. The van der Waals surface area contributed by atoms with E-state index in [1.165, 1.54) is 22.5 Å². The molecule has 1 aliphatic rings. The van der Waals surface area contributed by atoms with Gasteiger partial charge in [0.1, 0.15) is 10.7 Å². The van der Waals surface area contributed by atoms with Gasteiger partial charge in [0.2, 0.25) is 15.9 Å². The second-order valence-electron chi connectivity index (χ2n) is 6.22. The Balaban J connectivity index is 1.66. The van der Waals surface area contributed by atoms with Crippen molar-refractivity contribution in [2.75, 3.05) is 18.4 Å². The van der Waals surface area contributed by atoms with Crippen LogP contribution >= 0.6 is 23.2 Å². The molecule has 3 rings (SSSR count). The fraction of sp³-hybridized carbons (Fsp3) is 0.278. The van der Waals surface area contributed by atoms with Gasteiger partial charge in [0, 0.05) is 24.0 Å². The molecule has 0 unspecified atom stereocenters. The van der Waals surface area contributed by atoms with Gasteiger partial charge in [0.15, 0.2) is 0 Å². The lowest BCUT2D eigenvalue weighted by Gasteiger charge is -2.30. The molecule has 0 aliphatic carbocycles. The van der Waals surface area contributed by atoms with Crippen LogP contribution < -0.4 is 5.32 Å². The molecule has 0 radical (unpaired) electrons. The van der Waals surface area contributed by atoms with Gasteiger partial charge in [-0.3, -0.25) is 4.79 Å². The van der Waals surface area contributed by atoms with E-state index in [9.17, 15) is 17.6 Å². The molecule has 0 bridgehead atoms. The molecule has 144 valence electrons. The summed E-state index contributed by atoms with van der Waals surface area (Å²) in [6.07, 6.45) is 0.662. The van der Waals surface area contributed by atoms with Gasteiger partial charge in [0.25, 0.3) is 0 Å². The summed E-state index contributed by atoms with van der Waals surface area (Å²) in [4.78, 5) is 12.1. The summed E-state index contributed by atoms with van der Waals surface area (Å²) >= 11 is 12.0. The van der Waals surface area contributed by atoms with Crippen LogP contribution in [0, 0.1) is 11.7 Å². The molecule has 1 amide bonds. The van der Waals surface area contributed by atoms with E-state index in [2.05, 4.69) is 5.32 Å². The summed E-state index contributed by atoms with van der Waals surface area (Å²) in [5.41, 5.74) is 0.413. The third-order valence-electron chi connectivity index (χ3n) is 4.47. The van der Waals surface area contributed by atoms with Crippen molar-refractivity contribution in [3.8, 4) is 0 Å². The molecule has 27 heavy (non-hydrogen) atoms. The molecule has 0 saturated carbocycles. The highest BCUT2D eigenvalue weighted by Gasteiger charge is 2.33. The first kappa shape index (κ1) is 20.1. The fourth-order valence-corrected chi connectivity index (χ4v) is 4.85. The molecule has 1 aliphatic heterocycles. The van der Waals surface area contributed by atoms with Crippen LogP contribution in [0.15, 0.2) is 47.4 Å². The SMILES string of the molecule is O=C(Nc1cc(Cl)ccc1Cl)C1CCN(S(=O)(=O)c2ccccc2F)CC1. The molecule has 2 aromatic carbocycles. The molecule has 1 fully saturated rings. The minimum atomic E-state index is -3.92. The van der Waals surface area contributed by atoms with Crippen LogP contribution in [0.25, 0.3) is 0 Å². The number of benzene rings is 2. The average Bonchev–Trinajstić information content (AvgIpc) is 2.65. The van der Waals surface area contributed by atoms with Crippen molar-refractivity contribution >= 4 is 44.8 Å². The molecule has 5 nitrogen and oxygen atoms in total. The third-order valence-corrected chi connectivity index (χ3v) is 6.96. The van der Waals surface area contributed by atoms with E-state index in [1.807, 2.05) is 0 Å². The highest BCUT2D eigenvalue weighted by molar-refractivity contribution is 7.89. The molecule has 1 heterocycles. The Morgan fingerprint density at radius 2 is 1.78 bits per heavy atom. The van der Waals surface area contributed by atoms with Gasteiger partial charge in [0.05, 0.1) is 10.7 Å². The standard InChI is InChI=1S/C18H17Cl2FN2O3S/c19-13-5-6-14(20)16(11-13)22-18(24)12-7-9-23(10-8-12)27(25,26)17-4-2-1-3-15(17)21/h1-6,11-12H,7-10H2,(H,22,24). The minimum absolute atomic E-state index is 0.137. The lowest BCUT2D eigenvalue weighted by Crippen LogP contribution is -2.41. The number of hydrogen-bond donors (Lipinski definition) is 1. The Kier molecular flexibility index (Phi) is 6.05. The lowest BCUT2D eigenvalue weighted by molar-refractivity contribution is -0.120. The number of amides is 1. The lowest BCUT2D eigenvalue weighted by atomic mass is 9.97. The smallest absolute Gasteiger partial charge is 0.245 e. The zero-order valence-electron chi connectivity index (χ0n) is 14.2. The van der Waals surface area contributed by atoms with Gasteiger partial charge in [-0.05, 0) is 43.2 Å². The number of carbonyl (C=O) groups is 1. The summed E-state index contributed by atoms with van der Waals surface area (Å²) in [6, 6.07) is 10.0. The normalized spacial score (nSPS) is 16.3. The summed E-state index contributed by atoms with van der Waals surface area (Å²) in [7, 11) is -3.92. The Labute approximate surface area is 167 Å². The van der Waals surface area contributed by atoms with Gasteiger partial charge in [-0.2, -0.15) is 4.31 Å². The summed E-state index contributed by atoms with van der Waals surface area (Å²) in [5, 5.41) is 3.54. The highest BCUT2D eigenvalue weighted by Crippen LogP contribution is 2.29. The molecule has 9 heteroatoms. The minimum Gasteiger partial charge on any atom is -0.324 e. The maximum atomic E-state index is 13.9. The van der Waals surface area contributed by atoms with Crippen molar-refractivity contribution in [2.24, 2.45) is 5.92 Å². The van der Waals surface area contributed by atoms with Gasteiger partial charge < -0.3 is 5.32 Å². The molecule has 0 aromatic heterocycles. The number of nitrogens with one attached hydrogen (secondary N) is 1. The number of piperidine rings is 1. The quantitative estimate of drug-likeness (QED) is 0.790. The van der Waals surface area contributed by atoms with Crippen molar-refractivity contribution in [3.05, 3.63) is 58.3 Å². The number of sulfonamides is 1. The first-order valence-electron chi connectivity index (χ1n) is 8.29. The Morgan fingerprint density at radius 3 is 2.44 bits per heavy atom. The molecular formula is C18H17Cl2FN2O3S. The Bertz CT molecular complexity index is 961. The van der Waals surface area contributed by atoms with Crippen LogP contribution in [-0.4, -0.2) is 31.7 Å². The first-order chi connectivity index (χ1) is 12.8. The molecular weight excluding hydrogens is 414 g/mol. The topological polar surface area (TPSA) is 66.5 Å². The second-order valence-corrected chi connectivity index (χ2v) is 8.97. The Hall–Kier alpha value is -1.67. The predicted molar refractivity (Wildman–Crippen MR) is 103 cm³/mol. The van der Waals surface area contributed by atoms with Gasteiger partial charge in [-0.25, -0.2) is 12.8 Å². The number of hydrogen-bond acceptors (Lipinski definition) is 3. The van der Waals surface area contributed by atoms with Crippen LogP contribution in [0.3, 0.4) is 0 Å². The number of halogens is 3. The van der Waals surface area contributed by atoms with Gasteiger partial charge >= 0.3 is 0 Å². The van der Waals surface area contributed by atoms with Crippen molar-refractivity contribution in [1.29, 1.82) is 0 Å². The van der Waals surface area contributed by atoms with Crippen molar-refractivity contribution in [2.45, 2.75) is 17.7 Å². The second kappa shape index (κ2) is 8.14. The van der Waals surface area contributed by atoms with E-state index in [1.54, 1.807) is 18.2 Å². The maximum Gasteiger partial charge on any atom is 0.245 e. The summed E-state index contributed by atoms with van der Waals surface area (Å²) in [5.74, 6) is -1.40. The summed E-state index contributed by atoms with van der Waals surface area (Å²) in [6.45, 7) is 0.274. The first-order valence-corrected chi connectivity index (χ1v) is 10.5. The van der Waals surface area contributed by atoms with Crippen molar-refractivity contribution < 1.29 is 17.6 Å². The monoisotopic (exact) mass is 430 g/mol. The highest BCUT2D eigenvalue weighted by atomic mass is 35.5. The third kappa shape index (κ3) is 4.43. The predicted octanol–water partition coefficient (Wildman–Crippen LogP) is 4.17. The number of rotatable bonds is 4. The summed E-state index contributed by atoms with van der Waals surface area (Å²) < 4.78 is 40.3. The zero-order chi connectivity index (χ0) is 19.6. The largest absolute Gasteiger partial charge is 0.324 e. The van der Waals surface area contributed by atoms with Crippen LogP contribution in [0.1, 0.15) is 12.8 Å². The molecule has 1 saturated heterocycles. The molecule has 1 N–H and O–H groups in total. The zero-order valence-corrected chi connectivity index (χ0v) is 16.5. The van der Waals surface area contributed by atoms with E-state index in [0.717, 1.165) is 6.07 Å². The van der Waals surface area contributed by atoms with E-state index >= 15 is 0 Å². The molecule has 0 spiro atoms. The van der Waals surface area contributed by atoms with E-state index in [-0.39, 0.29) is 29.8 Å². The Morgan fingerprint density at radius 1 is 1.11 bits per heavy atom. The molecule has 2 aromatic rings. The van der Waals surface area contributed by atoms with E-state index < -0.39 is 15.8 Å². The number of carbonyl (C=O) groups excluding carboxylic acids is 1.